The van der Waals surface area contributed by atoms with Gasteiger partial charge in [-0.2, -0.15) is 0 Å². The molecule has 0 atom stereocenters. The summed E-state index contributed by atoms with van der Waals surface area (Å²) in [6, 6.07) is 4.60. The average Bonchev–Trinajstić information content (AvgIpc) is 2.50. The number of halogens is 1. The lowest BCUT2D eigenvalue weighted by Crippen LogP contribution is -2.42. The summed E-state index contributed by atoms with van der Waals surface area (Å²) in [5, 5.41) is 13.1. The van der Waals surface area contributed by atoms with Gasteiger partial charge < -0.3 is 20.3 Å². The third-order valence-corrected chi connectivity index (χ3v) is 4.07. The molecule has 0 spiro atoms. The number of fused-ring (bicyclic) bond motifs is 1. The first-order valence-corrected chi connectivity index (χ1v) is 7.47. The van der Waals surface area contributed by atoms with E-state index in [1.54, 1.807) is 23.1 Å². The van der Waals surface area contributed by atoms with Crippen LogP contribution in [0.4, 0.5) is 10.5 Å². The fourth-order valence-electron chi connectivity index (χ4n) is 2.55. The lowest BCUT2D eigenvalue weighted by Gasteiger charge is -2.29. The zero-order chi connectivity index (χ0) is 15.7. The van der Waals surface area contributed by atoms with Crippen molar-refractivity contribution in [2.45, 2.75) is 18.9 Å². The van der Waals surface area contributed by atoms with Crippen molar-refractivity contribution in [2.75, 3.05) is 18.4 Å². The number of amides is 2. The number of nitrogens with zero attached hydrogens (tertiary/aromatic N) is 1. The van der Waals surface area contributed by atoms with Gasteiger partial charge in [0.15, 0.2) is 0 Å². The maximum Gasteiger partial charge on any atom is 0.321 e. The van der Waals surface area contributed by atoms with Crippen LogP contribution in [0, 0.1) is 0 Å². The summed E-state index contributed by atoms with van der Waals surface area (Å²) in [7, 11) is 0. The molecule has 6 nitrogen and oxygen atoms in total. The molecular formula is C15H16ClN3O3. The number of anilines is 1. The van der Waals surface area contributed by atoms with Gasteiger partial charge in [-0.15, -0.1) is 0 Å². The Morgan fingerprint density at radius 3 is 2.82 bits per heavy atom. The summed E-state index contributed by atoms with van der Waals surface area (Å²) >= 11 is 5.89. The van der Waals surface area contributed by atoms with Gasteiger partial charge in [0.25, 0.3) is 0 Å². The van der Waals surface area contributed by atoms with Gasteiger partial charge in [-0.05, 0) is 31.0 Å². The van der Waals surface area contributed by atoms with Gasteiger partial charge in [0, 0.05) is 29.7 Å². The minimum absolute atomic E-state index is 0.200. The lowest BCUT2D eigenvalue weighted by molar-refractivity contribution is 0.0972. The zero-order valence-corrected chi connectivity index (χ0v) is 12.6. The molecule has 1 saturated heterocycles. The Morgan fingerprint density at radius 2 is 2.09 bits per heavy atom. The number of rotatable bonds is 1. The number of H-pyrrole nitrogens is 1. The van der Waals surface area contributed by atoms with Gasteiger partial charge >= 0.3 is 6.03 Å². The standard InChI is InChI=1S/C15H16ClN3O3/c16-9-1-2-11-12(7-9)17-8-13(14(11)21)18-15(22)19-5-3-10(20)4-6-19/h1-2,7-8,10,20H,3-6H2,(H,17,21)(H,18,22). The first kappa shape index (κ1) is 14.9. The quantitative estimate of drug-likeness (QED) is 0.752. The molecule has 2 heterocycles. The zero-order valence-electron chi connectivity index (χ0n) is 11.8. The highest BCUT2D eigenvalue weighted by Crippen LogP contribution is 2.17. The average molecular weight is 322 g/mol. The molecule has 1 fully saturated rings. The number of piperidine rings is 1. The molecule has 1 aliphatic heterocycles. The van der Waals surface area contributed by atoms with Gasteiger partial charge in [0.2, 0.25) is 5.43 Å². The van der Waals surface area contributed by atoms with Crippen LogP contribution in [0.5, 0.6) is 0 Å². The van der Waals surface area contributed by atoms with Gasteiger partial charge in [0.1, 0.15) is 5.69 Å². The Labute approximate surface area is 131 Å². The highest BCUT2D eigenvalue weighted by atomic mass is 35.5. The number of aliphatic hydroxyl groups is 1. The van der Waals surface area contributed by atoms with Crippen LogP contribution in [-0.4, -0.2) is 40.2 Å². The van der Waals surface area contributed by atoms with Crippen LogP contribution >= 0.6 is 11.6 Å². The molecule has 0 unspecified atom stereocenters. The van der Waals surface area contributed by atoms with Crippen LogP contribution in [0.15, 0.2) is 29.2 Å². The smallest absolute Gasteiger partial charge is 0.321 e. The molecular weight excluding hydrogens is 306 g/mol. The fourth-order valence-corrected chi connectivity index (χ4v) is 2.72. The van der Waals surface area contributed by atoms with Crippen LogP contribution < -0.4 is 10.7 Å². The van der Waals surface area contributed by atoms with Crippen molar-refractivity contribution in [2.24, 2.45) is 0 Å². The first-order chi connectivity index (χ1) is 10.5. The van der Waals surface area contributed by atoms with Crippen molar-refractivity contribution in [1.82, 2.24) is 9.88 Å². The number of urea groups is 1. The maximum absolute atomic E-state index is 12.4. The molecule has 22 heavy (non-hydrogen) atoms. The molecule has 0 saturated carbocycles. The predicted octanol–water partition coefficient (Wildman–Crippen LogP) is 2.17. The molecule has 3 N–H and O–H groups in total. The van der Waals surface area contributed by atoms with E-state index in [2.05, 4.69) is 10.3 Å². The Hall–Kier alpha value is -2.05. The first-order valence-electron chi connectivity index (χ1n) is 7.09. The second-order valence-corrected chi connectivity index (χ2v) is 5.81. The topological polar surface area (TPSA) is 85.4 Å². The molecule has 0 bridgehead atoms. The van der Waals surface area contributed by atoms with Crippen LogP contribution in [0.2, 0.25) is 5.02 Å². The van der Waals surface area contributed by atoms with E-state index in [0.29, 0.717) is 41.9 Å². The molecule has 0 radical (unpaired) electrons. The van der Waals surface area contributed by atoms with Crippen LogP contribution in [-0.2, 0) is 0 Å². The summed E-state index contributed by atoms with van der Waals surface area (Å²) in [4.78, 5) is 29.1. The second-order valence-electron chi connectivity index (χ2n) is 5.37. The summed E-state index contributed by atoms with van der Waals surface area (Å²) in [6.45, 7) is 0.961. The van der Waals surface area contributed by atoms with E-state index in [9.17, 15) is 14.7 Å². The highest BCUT2D eigenvalue weighted by molar-refractivity contribution is 6.31. The third-order valence-electron chi connectivity index (χ3n) is 3.84. The van der Waals surface area contributed by atoms with Crippen LogP contribution in [0.3, 0.4) is 0 Å². The monoisotopic (exact) mass is 321 g/mol. The summed E-state index contributed by atoms with van der Waals surface area (Å²) in [6.07, 6.45) is 2.23. The van der Waals surface area contributed by atoms with E-state index >= 15 is 0 Å². The lowest BCUT2D eigenvalue weighted by atomic mass is 10.1. The van der Waals surface area contributed by atoms with Crippen molar-refractivity contribution < 1.29 is 9.90 Å². The number of aromatic nitrogens is 1. The van der Waals surface area contributed by atoms with E-state index in [1.807, 2.05) is 0 Å². The van der Waals surface area contributed by atoms with Gasteiger partial charge in [0.05, 0.1) is 11.6 Å². The number of aliphatic hydroxyl groups excluding tert-OH is 1. The van der Waals surface area contributed by atoms with Crippen molar-refractivity contribution in [3.8, 4) is 0 Å². The molecule has 1 aliphatic rings. The van der Waals surface area contributed by atoms with Crippen molar-refractivity contribution in [3.63, 3.8) is 0 Å². The largest absolute Gasteiger partial charge is 0.393 e. The van der Waals surface area contributed by atoms with E-state index < -0.39 is 0 Å². The Morgan fingerprint density at radius 1 is 1.36 bits per heavy atom. The Kier molecular flexibility index (Phi) is 4.04. The number of benzene rings is 1. The van der Waals surface area contributed by atoms with Crippen molar-refractivity contribution in [1.29, 1.82) is 0 Å². The summed E-state index contributed by atoms with van der Waals surface area (Å²) in [5.41, 5.74) is 0.568. The molecule has 2 amide bonds. The summed E-state index contributed by atoms with van der Waals surface area (Å²) < 4.78 is 0. The molecule has 0 aliphatic carbocycles. The number of carbonyl (C=O) groups is 1. The highest BCUT2D eigenvalue weighted by Gasteiger charge is 2.22. The van der Waals surface area contributed by atoms with E-state index in [0.717, 1.165) is 0 Å². The fraction of sp³-hybridized carbons (Fsp3) is 0.333. The molecule has 1 aromatic heterocycles. The molecule has 116 valence electrons. The Balaban J connectivity index is 1.82. The minimum atomic E-state index is -0.349. The van der Waals surface area contributed by atoms with Gasteiger partial charge in [-0.3, -0.25) is 4.79 Å². The van der Waals surface area contributed by atoms with Crippen molar-refractivity contribution >= 4 is 34.2 Å². The number of hydrogen-bond acceptors (Lipinski definition) is 3. The SMILES string of the molecule is O=C(Nc1c[nH]c2cc(Cl)ccc2c1=O)N1CCC(O)CC1. The normalized spacial score (nSPS) is 16.0. The molecule has 3 rings (SSSR count). The molecule has 7 heteroatoms. The third kappa shape index (κ3) is 2.93. The van der Waals surface area contributed by atoms with E-state index in [-0.39, 0.29) is 23.3 Å². The minimum Gasteiger partial charge on any atom is -0.393 e. The van der Waals surface area contributed by atoms with Crippen LogP contribution in [0.25, 0.3) is 10.9 Å². The maximum atomic E-state index is 12.4. The van der Waals surface area contributed by atoms with E-state index in [1.165, 1.54) is 6.20 Å². The number of pyridine rings is 1. The number of nitrogens with one attached hydrogen (secondary N) is 2. The Bertz CT molecular complexity index is 766. The number of aromatic amines is 1. The molecule has 2 aromatic rings. The molecule has 1 aromatic carbocycles. The summed E-state index contributed by atoms with van der Waals surface area (Å²) in [5.74, 6) is 0. The van der Waals surface area contributed by atoms with Gasteiger partial charge in [-0.1, -0.05) is 11.6 Å². The number of carbonyl (C=O) groups excluding carboxylic acids is 1. The second kappa shape index (κ2) is 5.98. The number of hydrogen-bond donors (Lipinski definition) is 3. The number of likely N-dealkylation sites (tertiary alicyclic amines) is 1. The predicted molar refractivity (Wildman–Crippen MR) is 85.4 cm³/mol. The van der Waals surface area contributed by atoms with E-state index in [4.69, 9.17) is 11.6 Å². The van der Waals surface area contributed by atoms with Gasteiger partial charge in [-0.25, -0.2) is 4.79 Å². The van der Waals surface area contributed by atoms with Crippen molar-refractivity contribution in [3.05, 3.63) is 39.6 Å². The van der Waals surface area contributed by atoms with Crippen LogP contribution in [0.1, 0.15) is 12.8 Å².